The van der Waals surface area contributed by atoms with E-state index < -0.39 is 0 Å². The van der Waals surface area contributed by atoms with Gasteiger partial charge in [-0.25, -0.2) is 0 Å². The normalized spacial score (nSPS) is 31.6. The standard InChI is InChI=1S/C16H31N/c17-16-12-10-15(11-13-16)9-5-4-8-14-6-2-1-3-7-14/h14-16H,1-13,17H2/t15-,16-. The van der Waals surface area contributed by atoms with Crippen molar-refractivity contribution in [3.05, 3.63) is 0 Å². The molecular weight excluding hydrogens is 206 g/mol. The van der Waals surface area contributed by atoms with Gasteiger partial charge < -0.3 is 5.73 Å². The molecule has 0 aromatic carbocycles. The van der Waals surface area contributed by atoms with E-state index in [4.69, 9.17) is 5.73 Å². The van der Waals surface area contributed by atoms with E-state index in [2.05, 4.69) is 0 Å². The van der Waals surface area contributed by atoms with Crippen LogP contribution in [0.15, 0.2) is 0 Å². The van der Waals surface area contributed by atoms with E-state index in [9.17, 15) is 0 Å². The predicted octanol–water partition coefficient (Wildman–Crippen LogP) is 4.64. The summed E-state index contributed by atoms with van der Waals surface area (Å²) in [6.07, 6.45) is 18.9. The van der Waals surface area contributed by atoms with Crippen molar-refractivity contribution in [2.75, 3.05) is 0 Å². The quantitative estimate of drug-likeness (QED) is 0.692. The molecule has 2 saturated carbocycles. The molecule has 2 fully saturated rings. The van der Waals surface area contributed by atoms with Crippen molar-refractivity contribution in [1.29, 1.82) is 0 Å². The van der Waals surface area contributed by atoms with E-state index in [0.717, 1.165) is 11.8 Å². The van der Waals surface area contributed by atoms with E-state index in [-0.39, 0.29) is 0 Å². The molecule has 0 aromatic rings. The Bertz CT molecular complexity index is 188. The Morgan fingerprint density at radius 2 is 1.18 bits per heavy atom. The zero-order valence-electron chi connectivity index (χ0n) is 11.5. The predicted molar refractivity (Wildman–Crippen MR) is 75.0 cm³/mol. The summed E-state index contributed by atoms with van der Waals surface area (Å²) in [6.45, 7) is 0. The number of rotatable bonds is 5. The lowest BCUT2D eigenvalue weighted by Crippen LogP contribution is -2.26. The third kappa shape index (κ3) is 4.99. The van der Waals surface area contributed by atoms with Crippen LogP contribution in [0.25, 0.3) is 0 Å². The van der Waals surface area contributed by atoms with Gasteiger partial charge in [0, 0.05) is 6.04 Å². The van der Waals surface area contributed by atoms with Gasteiger partial charge >= 0.3 is 0 Å². The van der Waals surface area contributed by atoms with Crippen molar-refractivity contribution in [3.63, 3.8) is 0 Å². The molecule has 1 nitrogen and oxygen atoms in total. The Labute approximate surface area is 108 Å². The molecule has 2 aliphatic carbocycles. The summed E-state index contributed by atoms with van der Waals surface area (Å²) in [4.78, 5) is 0. The number of hydrogen-bond donors (Lipinski definition) is 1. The first-order chi connectivity index (χ1) is 8.34. The third-order valence-electron chi connectivity index (χ3n) is 5.09. The van der Waals surface area contributed by atoms with Crippen molar-refractivity contribution in [3.8, 4) is 0 Å². The molecule has 0 heterocycles. The zero-order valence-corrected chi connectivity index (χ0v) is 11.5. The largest absolute Gasteiger partial charge is 0.328 e. The summed E-state index contributed by atoms with van der Waals surface area (Å²) in [6, 6.07) is 0.522. The van der Waals surface area contributed by atoms with Gasteiger partial charge in [-0.1, -0.05) is 57.8 Å². The van der Waals surface area contributed by atoms with Crippen molar-refractivity contribution >= 4 is 0 Å². The molecule has 0 bridgehead atoms. The highest BCUT2D eigenvalue weighted by Gasteiger charge is 2.18. The number of unbranched alkanes of at least 4 members (excludes halogenated alkanes) is 1. The lowest BCUT2D eigenvalue weighted by atomic mass is 9.82. The van der Waals surface area contributed by atoms with Gasteiger partial charge in [0.05, 0.1) is 0 Å². The lowest BCUT2D eigenvalue weighted by Gasteiger charge is -2.26. The smallest absolute Gasteiger partial charge is 0.00390 e. The Kier molecular flexibility index (Phi) is 5.84. The maximum Gasteiger partial charge on any atom is 0.00390 e. The summed E-state index contributed by atoms with van der Waals surface area (Å²) in [5.74, 6) is 2.10. The second-order valence-electron chi connectivity index (χ2n) is 6.57. The van der Waals surface area contributed by atoms with E-state index in [1.165, 1.54) is 83.5 Å². The Hall–Kier alpha value is -0.0400. The monoisotopic (exact) mass is 237 g/mol. The van der Waals surface area contributed by atoms with Crippen LogP contribution in [0.3, 0.4) is 0 Å². The van der Waals surface area contributed by atoms with Gasteiger partial charge in [-0.05, 0) is 37.5 Å². The number of hydrogen-bond acceptors (Lipinski definition) is 1. The molecule has 0 saturated heterocycles. The molecule has 0 unspecified atom stereocenters. The molecule has 100 valence electrons. The second-order valence-corrected chi connectivity index (χ2v) is 6.57. The van der Waals surface area contributed by atoms with E-state index in [0.29, 0.717) is 6.04 Å². The second kappa shape index (κ2) is 7.41. The summed E-state index contributed by atoms with van der Waals surface area (Å²) < 4.78 is 0. The summed E-state index contributed by atoms with van der Waals surface area (Å²) >= 11 is 0. The minimum absolute atomic E-state index is 0.522. The van der Waals surface area contributed by atoms with Gasteiger partial charge in [-0.2, -0.15) is 0 Å². The molecule has 0 aliphatic heterocycles. The number of nitrogens with two attached hydrogens (primary N) is 1. The van der Waals surface area contributed by atoms with E-state index >= 15 is 0 Å². The molecule has 0 spiro atoms. The van der Waals surface area contributed by atoms with Crippen LogP contribution in [0, 0.1) is 11.8 Å². The van der Waals surface area contributed by atoms with E-state index in [1.54, 1.807) is 0 Å². The molecule has 0 aromatic heterocycles. The van der Waals surface area contributed by atoms with Crippen molar-refractivity contribution in [2.45, 2.75) is 89.5 Å². The SMILES string of the molecule is N[C@H]1CC[C@H](CCCCC2CCCCC2)CC1. The minimum Gasteiger partial charge on any atom is -0.328 e. The fourth-order valence-electron chi connectivity index (χ4n) is 3.82. The van der Waals surface area contributed by atoms with Crippen LogP contribution in [0.2, 0.25) is 0 Å². The fraction of sp³-hybridized carbons (Fsp3) is 1.00. The van der Waals surface area contributed by atoms with Gasteiger partial charge in [0.25, 0.3) is 0 Å². The van der Waals surface area contributed by atoms with Gasteiger partial charge in [-0.15, -0.1) is 0 Å². The third-order valence-corrected chi connectivity index (χ3v) is 5.09. The first kappa shape index (κ1) is 13.4. The maximum absolute atomic E-state index is 5.95. The Morgan fingerprint density at radius 3 is 1.76 bits per heavy atom. The van der Waals surface area contributed by atoms with Crippen molar-refractivity contribution < 1.29 is 0 Å². The molecule has 0 amide bonds. The summed E-state index contributed by atoms with van der Waals surface area (Å²) in [5, 5.41) is 0. The Balaban J connectivity index is 1.48. The summed E-state index contributed by atoms with van der Waals surface area (Å²) in [5.41, 5.74) is 5.95. The average molecular weight is 237 g/mol. The van der Waals surface area contributed by atoms with Gasteiger partial charge in [0.1, 0.15) is 0 Å². The zero-order chi connectivity index (χ0) is 11.9. The molecule has 0 radical (unpaired) electrons. The molecule has 0 atom stereocenters. The van der Waals surface area contributed by atoms with Crippen LogP contribution in [0.5, 0.6) is 0 Å². The molecule has 2 N–H and O–H groups in total. The van der Waals surface area contributed by atoms with Gasteiger partial charge in [0.2, 0.25) is 0 Å². The Morgan fingerprint density at radius 1 is 0.647 bits per heavy atom. The van der Waals surface area contributed by atoms with Gasteiger partial charge in [0.15, 0.2) is 0 Å². The van der Waals surface area contributed by atoms with Crippen LogP contribution < -0.4 is 5.73 Å². The van der Waals surface area contributed by atoms with Crippen LogP contribution in [-0.4, -0.2) is 6.04 Å². The van der Waals surface area contributed by atoms with E-state index in [1.807, 2.05) is 0 Å². The molecule has 2 aliphatic rings. The van der Waals surface area contributed by atoms with Gasteiger partial charge in [-0.3, -0.25) is 0 Å². The minimum atomic E-state index is 0.522. The topological polar surface area (TPSA) is 26.0 Å². The first-order valence-corrected chi connectivity index (χ1v) is 8.10. The van der Waals surface area contributed by atoms with Crippen LogP contribution in [0.1, 0.15) is 83.5 Å². The highest BCUT2D eigenvalue weighted by Crippen LogP contribution is 2.30. The first-order valence-electron chi connectivity index (χ1n) is 8.10. The van der Waals surface area contributed by atoms with Crippen LogP contribution in [0.4, 0.5) is 0 Å². The highest BCUT2D eigenvalue weighted by molar-refractivity contribution is 4.74. The van der Waals surface area contributed by atoms with Crippen LogP contribution >= 0.6 is 0 Å². The molecule has 2 rings (SSSR count). The highest BCUT2D eigenvalue weighted by atomic mass is 14.6. The molecule has 17 heavy (non-hydrogen) atoms. The van der Waals surface area contributed by atoms with Crippen molar-refractivity contribution in [2.24, 2.45) is 17.6 Å². The summed E-state index contributed by atoms with van der Waals surface area (Å²) in [7, 11) is 0. The molecular formula is C16H31N. The lowest BCUT2D eigenvalue weighted by molar-refractivity contribution is 0.289. The van der Waals surface area contributed by atoms with Crippen LogP contribution in [-0.2, 0) is 0 Å². The molecule has 1 heteroatoms. The maximum atomic E-state index is 5.95. The average Bonchev–Trinajstić information content (AvgIpc) is 2.38. The fourth-order valence-corrected chi connectivity index (χ4v) is 3.82. The van der Waals surface area contributed by atoms with Crippen molar-refractivity contribution in [1.82, 2.24) is 0 Å².